The highest BCUT2D eigenvalue weighted by atomic mass is 16.5. The van der Waals surface area contributed by atoms with Crippen molar-refractivity contribution in [3.63, 3.8) is 0 Å². The van der Waals surface area contributed by atoms with Gasteiger partial charge in [-0.25, -0.2) is 0 Å². The van der Waals surface area contributed by atoms with E-state index in [4.69, 9.17) is 4.74 Å². The highest BCUT2D eigenvalue weighted by Gasteiger charge is 2.72. The van der Waals surface area contributed by atoms with E-state index < -0.39 is 11.1 Å². The number of Topliss-reactive ketones (excluding diaryl/α,β-unsaturated/α-hetero) is 1. The predicted molar refractivity (Wildman–Crippen MR) is 83.7 cm³/mol. The second-order valence-electron chi connectivity index (χ2n) is 8.17. The average molecular weight is 321 g/mol. The SMILES string of the molecule is CC(=O)O[C@H]1[C@H]2CC(=O)[C@H]3CCCN4CCC[C@@]2(O)[C@]34C[C@@H]1C. The van der Waals surface area contributed by atoms with E-state index in [1.807, 2.05) is 0 Å². The zero-order valence-corrected chi connectivity index (χ0v) is 14.1. The van der Waals surface area contributed by atoms with Gasteiger partial charge in [-0.3, -0.25) is 14.5 Å². The van der Waals surface area contributed by atoms with Crippen LogP contribution in [0.5, 0.6) is 0 Å². The highest BCUT2D eigenvalue weighted by Crippen LogP contribution is 2.61. The van der Waals surface area contributed by atoms with Crippen molar-refractivity contribution in [3.8, 4) is 0 Å². The molecule has 0 amide bonds. The summed E-state index contributed by atoms with van der Waals surface area (Å²) in [6, 6.07) is 0. The number of esters is 1. The van der Waals surface area contributed by atoms with Gasteiger partial charge in [0.25, 0.3) is 0 Å². The van der Waals surface area contributed by atoms with Gasteiger partial charge in [-0.1, -0.05) is 6.92 Å². The quantitative estimate of drug-likeness (QED) is 0.742. The number of nitrogens with zero attached hydrogens (tertiary/aromatic N) is 1. The molecule has 0 radical (unpaired) electrons. The van der Waals surface area contributed by atoms with Crippen molar-refractivity contribution in [2.24, 2.45) is 17.8 Å². The lowest BCUT2D eigenvalue weighted by Crippen LogP contribution is -2.82. The Hall–Kier alpha value is -0.940. The molecule has 6 atom stereocenters. The van der Waals surface area contributed by atoms with Crippen LogP contribution in [0, 0.1) is 17.8 Å². The minimum atomic E-state index is -0.892. The number of carbonyl (C=O) groups excluding carboxylic acids is 2. The van der Waals surface area contributed by atoms with Gasteiger partial charge in [0.15, 0.2) is 0 Å². The molecule has 5 nitrogen and oxygen atoms in total. The predicted octanol–water partition coefficient (Wildman–Crippen LogP) is 1.52. The Morgan fingerprint density at radius 3 is 2.83 bits per heavy atom. The zero-order valence-electron chi connectivity index (χ0n) is 14.1. The van der Waals surface area contributed by atoms with Gasteiger partial charge in [0.1, 0.15) is 11.9 Å². The number of rotatable bonds is 1. The maximum absolute atomic E-state index is 12.9. The van der Waals surface area contributed by atoms with Crippen LogP contribution < -0.4 is 0 Å². The van der Waals surface area contributed by atoms with Crippen molar-refractivity contribution >= 4 is 11.8 Å². The third kappa shape index (κ3) is 1.86. The molecule has 2 saturated heterocycles. The van der Waals surface area contributed by atoms with Gasteiger partial charge in [-0.05, 0) is 51.1 Å². The van der Waals surface area contributed by atoms with E-state index in [0.717, 1.165) is 45.2 Å². The van der Waals surface area contributed by atoms with Crippen LogP contribution in [-0.2, 0) is 14.3 Å². The molecule has 2 bridgehead atoms. The van der Waals surface area contributed by atoms with E-state index in [-0.39, 0.29) is 35.6 Å². The van der Waals surface area contributed by atoms with Crippen molar-refractivity contribution in [1.82, 2.24) is 4.90 Å². The molecule has 0 aromatic rings. The Morgan fingerprint density at radius 1 is 1.35 bits per heavy atom. The molecule has 2 aliphatic carbocycles. The molecule has 0 unspecified atom stereocenters. The van der Waals surface area contributed by atoms with Crippen LogP contribution in [0.4, 0.5) is 0 Å². The Kier molecular flexibility index (Phi) is 3.40. The fraction of sp³-hybridized carbons (Fsp3) is 0.889. The van der Waals surface area contributed by atoms with Crippen molar-refractivity contribution < 1.29 is 19.4 Å². The molecule has 5 heteroatoms. The van der Waals surface area contributed by atoms with Crippen LogP contribution in [-0.4, -0.2) is 52.1 Å². The Labute approximate surface area is 137 Å². The van der Waals surface area contributed by atoms with Gasteiger partial charge in [0.05, 0.1) is 11.1 Å². The van der Waals surface area contributed by atoms with Crippen LogP contribution in [0.1, 0.15) is 52.4 Å². The van der Waals surface area contributed by atoms with Crippen LogP contribution >= 0.6 is 0 Å². The molecule has 0 aromatic heterocycles. The summed E-state index contributed by atoms with van der Waals surface area (Å²) in [4.78, 5) is 26.8. The number of ether oxygens (including phenoxy) is 1. The van der Waals surface area contributed by atoms with E-state index in [2.05, 4.69) is 11.8 Å². The summed E-state index contributed by atoms with van der Waals surface area (Å²) >= 11 is 0. The molecule has 1 spiro atoms. The topological polar surface area (TPSA) is 66.8 Å². The lowest BCUT2D eigenvalue weighted by atomic mass is 9.45. The minimum absolute atomic E-state index is 0.0430. The van der Waals surface area contributed by atoms with E-state index >= 15 is 0 Å². The lowest BCUT2D eigenvalue weighted by molar-refractivity contribution is -0.274. The first-order valence-corrected chi connectivity index (χ1v) is 9.07. The number of aliphatic hydroxyl groups is 1. The maximum atomic E-state index is 12.9. The van der Waals surface area contributed by atoms with Crippen LogP contribution in [0.25, 0.3) is 0 Å². The second-order valence-corrected chi connectivity index (χ2v) is 8.17. The molecule has 2 aliphatic heterocycles. The molecule has 23 heavy (non-hydrogen) atoms. The number of hydrogen-bond acceptors (Lipinski definition) is 5. The van der Waals surface area contributed by atoms with E-state index in [1.165, 1.54) is 6.92 Å². The average Bonchev–Trinajstić information content (AvgIpc) is 2.48. The maximum Gasteiger partial charge on any atom is 0.302 e. The summed E-state index contributed by atoms with van der Waals surface area (Å²) in [5, 5.41) is 11.8. The standard InChI is InChI=1S/C18H27NO4/c1-11-10-17-13-5-3-7-19(17)8-4-6-18(17,22)14(9-15(13)21)16(11)23-12(2)20/h11,13-14,16,22H,3-10H2,1-2H3/t11-,13+,14+,16+,17-,18-/m0/s1. The lowest BCUT2D eigenvalue weighted by Gasteiger charge is -2.70. The van der Waals surface area contributed by atoms with Gasteiger partial charge in [-0.15, -0.1) is 0 Å². The monoisotopic (exact) mass is 321 g/mol. The largest absolute Gasteiger partial charge is 0.462 e. The molecular weight excluding hydrogens is 294 g/mol. The molecular formula is C18H27NO4. The van der Waals surface area contributed by atoms with Crippen molar-refractivity contribution in [3.05, 3.63) is 0 Å². The van der Waals surface area contributed by atoms with Crippen LogP contribution in [0.15, 0.2) is 0 Å². The Bertz CT molecular complexity index is 547. The Morgan fingerprint density at radius 2 is 2.09 bits per heavy atom. The number of piperidine rings is 2. The number of ketones is 1. The summed E-state index contributed by atoms with van der Waals surface area (Å²) < 4.78 is 5.60. The molecule has 2 heterocycles. The summed E-state index contributed by atoms with van der Waals surface area (Å²) in [7, 11) is 0. The molecule has 4 aliphatic rings. The first-order chi connectivity index (χ1) is 10.9. The third-order valence-electron chi connectivity index (χ3n) is 7.11. The number of hydrogen-bond donors (Lipinski definition) is 1. The van der Waals surface area contributed by atoms with Gasteiger partial charge in [0, 0.05) is 25.2 Å². The molecule has 4 rings (SSSR count). The van der Waals surface area contributed by atoms with Crippen molar-refractivity contribution in [2.45, 2.75) is 69.6 Å². The van der Waals surface area contributed by atoms with E-state index in [0.29, 0.717) is 6.42 Å². The second kappa shape index (κ2) is 5.03. The normalized spacial score (nSPS) is 49.4. The van der Waals surface area contributed by atoms with E-state index in [9.17, 15) is 14.7 Å². The van der Waals surface area contributed by atoms with Crippen LogP contribution in [0.2, 0.25) is 0 Å². The van der Waals surface area contributed by atoms with Crippen LogP contribution in [0.3, 0.4) is 0 Å². The fourth-order valence-electron chi connectivity index (χ4n) is 6.48. The first-order valence-electron chi connectivity index (χ1n) is 9.07. The molecule has 1 N–H and O–H groups in total. The highest BCUT2D eigenvalue weighted by molar-refractivity contribution is 5.85. The first kappa shape index (κ1) is 15.6. The van der Waals surface area contributed by atoms with Gasteiger partial charge < -0.3 is 9.84 Å². The van der Waals surface area contributed by atoms with Gasteiger partial charge >= 0.3 is 5.97 Å². The van der Waals surface area contributed by atoms with Crippen molar-refractivity contribution in [2.75, 3.05) is 13.1 Å². The van der Waals surface area contributed by atoms with Gasteiger partial charge in [-0.2, -0.15) is 0 Å². The zero-order chi connectivity index (χ0) is 16.4. The van der Waals surface area contributed by atoms with Gasteiger partial charge in [0.2, 0.25) is 0 Å². The summed E-state index contributed by atoms with van der Waals surface area (Å²) in [6.45, 7) is 5.49. The third-order valence-corrected chi connectivity index (χ3v) is 7.11. The summed E-state index contributed by atoms with van der Waals surface area (Å²) in [5.74, 6) is -0.153. The molecule has 2 saturated carbocycles. The Balaban J connectivity index is 1.83. The molecule has 128 valence electrons. The molecule has 0 aromatic carbocycles. The van der Waals surface area contributed by atoms with Crippen molar-refractivity contribution in [1.29, 1.82) is 0 Å². The molecule has 4 fully saturated rings. The van der Waals surface area contributed by atoms with E-state index in [1.54, 1.807) is 0 Å². The minimum Gasteiger partial charge on any atom is -0.462 e. The summed E-state index contributed by atoms with van der Waals surface area (Å²) in [5.41, 5.74) is -1.31. The smallest absolute Gasteiger partial charge is 0.302 e. The number of carbonyl (C=O) groups is 2. The fourth-order valence-corrected chi connectivity index (χ4v) is 6.48. The summed E-state index contributed by atoms with van der Waals surface area (Å²) in [6.07, 6.45) is 4.40.